The van der Waals surface area contributed by atoms with Crippen LogP contribution in [-0.4, -0.2) is 11.5 Å². The monoisotopic (exact) mass is 285 g/mol. The highest BCUT2D eigenvalue weighted by molar-refractivity contribution is 5.50. The van der Waals surface area contributed by atoms with Crippen LogP contribution in [0.1, 0.15) is 11.1 Å². The van der Waals surface area contributed by atoms with Gasteiger partial charge in [-0.2, -0.15) is 5.26 Å². The van der Waals surface area contributed by atoms with Crippen LogP contribution in [-0.2, 0) is 6.42 Å². The largest absolute Gasteiger partial charge is 0.385 e. The fourth-order valence-electron chi connectivity index (χ4n) is 1.96. The molecule has 0 aliphatic rings. The average molecular weight is 285 g/mol. The van der Waals surface area contributed by atoms with Crippen LogP contribution in [0.4, 0.5) is 15.8 Å². The van der Waals surface area contributed by atoms with Crippen molar-refractivity contribution in [3.8, 4) is 6.07 Å². The summed E-state index contributed by atoms with van der Waals surface area (Å²) >= 11 is 0. The van der Waals surface area contributed by atoms with Gasteiger partial charge in [-0.3, -0.25) is 10.1 Å². The Labute approximate surface area is 120 Å². The van der Waals surface area contributed by atoms with E-state index in [2.05, 4.69) is 5.32 Å². The van der Waals surface area contributed by atoms with Crippen LogP contribution in [0.5, 0.6) is 0 Å². The van der Waals surface area contributed by atoms with E-state index < -0.39 is 10.7 Å². The Morgan fingerprint density at radius 1 is 1.29 bits per heavy atom. The number of nitro groups is 1. The minimum atomic E-state index is -0.568. The first-order valence-electron chi connectivity index (χ1n) is 6.27. The van der Waals surface area contributed by atoms with Crippen LogP contribution in [0.25, 0.3) is 0 Å². The number of nitrogens with zero attached hydrogens (tertiary/aromatic N) is 2. The predicted molar refractivity (Wildman–Crippen MR) is 76.4 cm³/mol. The van der Waals surface area contributed by atoms with Crippen molar-refractivity contribution in [3.63, 3.8) is 0 Å². The first kappa shape index (κ1) is 14.5. The normalized spacial score (nSPS) is 9.90. The van der Waals surface area contributed by atoms with Crippen molar-refractivity contribution in [2.24, 2.45) is 0 Å². The molecule has 0 saturated heterocycles. The Bertz CT molecular complexity index is 710. The number of hydrogen-bond donors (Lipinski definition) is 1. The lowest BCUT2D eigenvalue weighted by atomic mass is 10.1. The second-order valence-corrected chi connectivity index (χ2v) is 4.37. The van der Waals surface area contributed by atoms with Gasteiger partial charge >= 0.3 is 0 Å². The molecule has 106 valence electrons. The highest BCUT2D eigenvalue weighted by Gasteiger charge is 2.11. The second-order valence-electron chi connectivity index (χ2n) is 4.37. The molecular weight excluding hydrogens is 273 g/mol. The maximum Gasteiger partial charge on any atom is 0.272 e. The van der Waals surface area contributed by atoms with E-state index in [1.54, 1.807) is 24.3 Å². The SMILES string of the molecule is N#Cc1cc(NCCc2ccccc2[N+](=O)[O-])ccc1F. The molecule has 0 radical (unpaired) electrons. The third kappa shape index (κ3) is 3.54. The van der Waals surface area contributed by atoms with Gasteiger partial charge in [0.2, 0.25) is 0 Å². The number of benzene rings is 2. The molecule has 21 heavy (non-hydrogen) atoms. The molecule has 0 saturated carbocycles. The zero-order chi connectivity index (χ0) is 15.2. The van der Waals surface area contributed by atoms with Crippen molar-refractivity contribution in [1.82, 2.24) is 0 Å². The summed E-state index contributed by atoms with van der Waals surface area (Å²) < 4.78 is 13.2. The lowest BCUT2D eigenvalue weighted by molar-refractivity contribution is -0.385. The van der Waals surface area contributed by atoms with E-state index in [4.69, 9.17) is 5.26 Å². The van der Waals surface area contributed by atoms with Crippen LogP contribution in [0.3, 0.4) is 0 Å². The van der Waals surface area contributed by atoms with Gasteiger partial charge in [-0.25, -0.2) is 4.39 Å². The molecule has 6 heteroatoms. The van der Waals surface area contributed by atoms with Crippen molar-refractivity contribution in [3.05, 3.63) is 69.5 Å². The van der Waals surface area contributed by atoms with Crippen LogP contribution in [0, 0.1) is 27.3 Å². The maximum absolute atomic E-state index is 13.2. The maximum atomic E-state index is 13.2. The molecule has 2 rings (SSSR count). The highest BCUT2D eigenvalue weighted by Crippen LogP contribution is 2.19. The quantitative estimate of drug-likeness (QED) is 0.675. The van der Waals surface area contributed by atoms with Gasteiger partial charge in [0.15, 0.2) is 0 Å². The van der Waals surface area contributed by atoms with E-state index >= 15 is 0 Å². The van der Waals surface area contributed by atoms with Gasteiger partial charge < -0.3 is 5.32 Å². The summed E-state index contributed by atoms with van der Waals surface area (Å²) in [5.41, 5.74) is 1.27. The number of nitriles is 1. The zero-order valence-electron chi connectivity index (χ0n) is 11.0. The van der Waals surface area contributed by atoms with Crippen molar-refractivity contribution < 1.29 is 9.31 Å². The van der Waals surface area contributed by atoms with Gasteiger partial charge in [0.25, 0.3) is 5.69 Å². The third-order valence-electron chi connectivity index (χ3n) is 3.00. The molecule has 0 atom stereocenters. The number of para-hydroxylation sites is 1. The molecule has 0 aliphatic heterocycles. The average Bonchev–Trinajstić information content (AvgIpc) is 2.49. The van der Waals surface area contributed by atoms with Crippen molar-refractivity contribution >= 4 is 11.4 Å². The molecule has 0 spiro atoms. The van der Waals surface area contributed by atoms with Crippen LogP contribution >= 0.6 is 0 Å². The predicted octanol–water partition coefficient (Wildman–Crippen LogP) is 3.26. The molecule has 0 amide bonds. The molecule has 0 fully saturated rings. The van der Waals surface area contributed by atoms with E-state index in [1.165, 1.54) is 24.3 Å². The van der Waals surface area contributed by atoms with Crippen molar-refractivity contribution in [2.45, 2.75) is 6.42 Å². The summed E-state index contributed by atoms with van der Waals surface area (Å²) in [5, 5.41) is 22.7. The topological polar surface area (TPSA) is 79.0 Å². The van der Waals surface area contributed by atoms with Crippen LogP contribution < -0.4 is 5.32 Å². The molecule has 0 bridgehead atoms. The number of nitrogens with one attached hydrogen (secondary N) is 1. The highest BCUT2D eigenvalue weighted by atomic mass is 19.1. The van der Waals surface area contributed by atoms with Gasteiger partial charge in [0.05, 0.1) is 10.5 Å². The number of anilines is 1. The fourth-order valence-corrected chi connectivity index (χ4v) is 1.96. The number of hydrogen-bond acceptors (Lipinski definition) is 4. The molecule has 5 nitrogen and oxygen atoms in total. The molecule has 2 aromatic rings. The first-order chi connectivity index (χ1) is 10.1. The minimum absolute atomic E-state index is 0.0364. The summed E-state index contributed by atoms with van der Waals surface area (Å²) in [6, 6.07) is 12.4. The second kappa shape index (κ2) is 6.48. The van der Waals surface area contributed by atoms with Crippen molar-refractivity contribution in [2.75, 3.05) is 11.9 Å². The minimum Gasteiger partial charge on any atom is -0.385 e. The molecule has 0 heterocycles. The van der Waals surface area contributed by atoms with E-state index in [-0.39, 0.29) is 11.3 Å². The third-order valence-corrected chi connectivity index (χ3v) is 3.00. The van der Waals surface area contributed by atoms with Crippen LogP contribution in [0.2, 0.25) is 0 Å². The summed E-state index contributed by atoms with van der Waals surface area (Å²) in [6.07, 6.45) is 0.455. The number of halogens is 1. The Morgan fingerprint density at radius 2 is 2.05 bits per heavy atom. The summed E-state index contributed by atoms with van der Waals surface area (Å²) in [7, 11) is 0. The fraction of sp³-hybridized carbons (Fsp3) is 0.133. The Kier molecular flexibility index (Phi) is 4.46. The van der Waals surface area contributed by atoms with Gasteiger partial charge in [-0.05, 0) is 24.6 Å². The number of rotatable bonds is 5. The van der Waals surface area contributed by atoms with Gasteiger partial charge in [0, 0.05) is 23.9 Å². The zero-order valence-corrected chi connectivity index (χ0v) is 11.0. The van der Waals surface area contributed by atoms with Gasteiger partial charge in [-0.15, -0.1) is 0 Å². The lowest BCUT2D eigenvalue weighted by Crippen LogP contribution is -2.07. The number of nitro benzene ring substituents is 1. The molecule has 0 aliphatic carbocycles. The Hall–Kier alpha value is -2.94. The summed E-state index contributed by atoms with van der Waals surface area (Å²) in [6.45, 7) is 0.446. The first-order valence-corrected chi connectivity index (χ1v) is 6.27. The smallest absolute Gasteiger partial charge is 0.272 e. The molecule has 0 aromatic heterocycles. The van der Waals surface area contributed by atoms with E-state index in [0.717, 1.165) is 0 Å². The standard InChI is InChI=1S/C15H12FN3O2/c16-14-6-5-13(9-12(14)10-17)18-8-7-11-3-1-2-4-15(11)19(20)21/h1-6,9,18H,7-8H2. The summed E-state index contributed by atoms with van der Waals surface area (Å²) in [4.78, 5) is 10.5. The molecular formula is C15H12FN3O2. The Balaban J connectivity index is 2.02. The van der Waals surface area contributed by atoms with E-state index in [1.807, 2.05) is 0 Å². The molecule has 0 unspecified atom stereocenters. The van der Waals surface area contributed by atoms with Crippen LogP contribution in [0.15, 0.2) is 42.5 Å². The molecule has 1 N–H and O–H groups in total. The lowest BCUT2D eigenvalue weighted by Gasteiger charge is -2.07. The van der Waals surface area contributed by atoms with E-state index in [9.17, 15) is 14.5 Å². The van der Waals surface area contributed by atoms with Gasteiger partial charge in [0.1, 0.15) is 11.9 Å². The van der Waals surface area contributed by atoms with Gasteiger partial charge in [-0.1, -0.05) is 18.2 Å². The van der Waals surface area contributed by atoms with Crippen molar-refractivity contribution in [1.29, 1.82) is 5.26 Å². The van der Waals surface area contributed by atoms with E-state index in [0.29, 0.717) is 24.2 Å². The summed E-state index contributed by atoms with van der Waals surface area (Å²) in [5.74, 6) is -0.568. The Morgan fingerprint density at radius 3 is 2.76 bits per heavy atom. The molecule has 2 aromatic carbocycles.